The Morgan fingerprint density at radius 1 is 1.00 bits per heavy atom. The van der Waals surface area contributed by atoms with Crippen molar-refractivity contribution in [3.05, 3.63) is 59.9 Å². The molecule has 0 saturated carbocycles. The minimum atomic E-state index is -3.91. The quantitative estimate of drug-likeness (QED) is 0.665. The number of hydrogen-bond donors (Lipinski definition) is 0. The summed E-state index contributed by atoms with van der Waals surface area (Å²) in [7, 11) is -0.416. The molecule has 0 fully saturated rings. The Morgan fingerprint density at radius 2 is 1.76 bits per heavy atom. The molecule has 0 atom stereocenters. The van der Waals surface area contributed by atoms with Crippen LogP contribution in [0.2, 0.25) is 0 Å². The predicted octanol–water partition coefficient (Wildman–Crippen LogP) is 2.88. The number of nitrogens with zero attached hydrogens (tertiary/aromatic N) is 4. The summed E-state index contributed by atoms with van der Waals surface area (Å²) in [6.45, 7) is 3.40. The molecule has 7 nitrogen and oxygen atoms in total. The van der Waals surface area contributed by atoms with Crippen LogP contribution in [0.4, 0.5) is 11.4 Å². The van der Waals surface area contributed by atoms with Crippen molar-refractivity contribution in [1.29, 1.82) is 0 Å². The van der Waals surface area contributed by atoms with Crippen LogP contribution >= 0.6 is 0 Å². The van der Waals surface area contributed by atoms with Gasteiger partial charge in [-0.25, -0.2) is 8.42 Å². The second kappa shape index (κ2) is 6.73. The van der Waals surface area contributed by atoms with Gasteiger partial charge >= 0.3 is 0 Å². The fourth-order valence-electron chi connectivity index (χ4n) is 3.69. The third-order valence-electron chi connectivity index (χ3n) is 5.26. The molecule has 29 heavy (non-hydrogen) atoms. The normalized spacial score (nSPS) is 14.3. The lowest BCUT2D eigenvalue weighted by atomic mass is 10.1. The number of carbonyl (C=O) groups is 1. The highest BCUT2D eigenvalue weighted by Gasteiger charge is 2.36. The average Bonchev–Trinajstić information content (AvgIpc) is 3.11. The lowest BCUT2D eigenvalue weighted by molar-refractivity contribution is -0.117. The van der Waals surface area contributed by atoms with Gasteiger partial charge in [0, 0.05) is 25.9 Å². The number of likely N-dealkylation sites (N-methyl/N-ethyl adjacent to an activating group) is 1. The molecule has 1 aliphatic rings. The predicted molar refractivity (Wildman–Crippen MR) is 113 cm³/mol. The average molecular weight is 410 g/mol. The number of amides is 1. The Kier molecular flexibility index (Phi) is 4.46. The molecule has 0 bridgehead atoms. The molecule has 4 rings (SSSR count). The van der Waals surface area contributed by atoms with Crippen LogP contribution < -0.4 is 9.21 Å². The maximum absolute atomic E-state index is 13.6. The molecule has 1 aliphatic heterocycles. The van der Waals surface area contributed by atoms with Gasteiger partial charge in [0.1, 0.15) is 6.54 Å². The molecule has 0 spiro atoms. The fourth-order valence-corrected chi connectivity index (χ4v) is 5.40. The number of fused-ring (bicyclic) bond motifs is 1. The van der Waals surface area contributed by atoms with Crippen LogP contribution in [0, 0.1) is 13.8 Å². The van der Waals surface area contributed by atoms with E-state index < -0.39 is 10.0 Å². The molecule has 0 saturated heterocycles. The number of sulfonamides is 1. The molecular formula is C21H22N4O3S. The molecule has 2 aromatic carbocycles. The van der Waals surface area contributed by atoms with E-state index in [0.29, 0.717) is 16.9 Å². The van der Waals surface area contributed by atoms with Crippen LogP contribution in [0.1, 0.15) is 11.1 Å². The number of rotatable bonds is 3. The van der Waals surface area contributed by atoms with Gasteiger partial charge in [0.25, 0.3) is 10.0 Å². The third-order valence-corrected chi connectivity index (χ3v) is 7.17. The Morgan fingerprint density at radius 3 is 2.41 bits per heavy atom. The van der Waals surface area contributed by atoms with Gasteiger partial charge in [-0.3, -0.25) is 13.8 Å². The highest BCUT2D eigenvalue weighted by Crippen LogP contribution is 2.39. The first-order valence-electron chi connectivity index (χ1n) is 9.18. The summed E-state index contributed by atoms with van der Waals surface area (Å²) in [5.74, 6) is -0.267. The van der Waals surface area contributed by atoms with E-state index in [1.807, 2.05) is 38.4 Å². The number of para-hydroxylation sites is 1. The Hall–Kier alpha value is -3.13. The van der Waals surface area contributed by atoms with E-state index in [2.05, 4.69) is 5.10 Å². The number of benzene rings is 2. The second-order valence-electron chi connectivity index (χ2n) is 7.29. The van der Waals surface area contributed by atoms with Gasteiger partial charge in [0.2, 0.25) is 5.91 Å². The fraction of sp³-hybridized carbons (Fsp3) is 0.238. The van der Waals surface area contributed by atoms with E-state index in [0.717, 1.165) is 16.7 Å². The first-order valence-corrected chi connectivity index (χ1v) is 10.6. The first kappa shape index (κ1) is 19.2. The lowest BCUT2D eigenvalue weighted by Gasteiger charge is -2.36. The molecule has 8 heteroatoms. The lowest BCUT2D eigenvalue weighted by Crippen LogP contribution is -2.47. The maximum Gasteiger partial charge on any atom is 0.265 e. The molecule has 150 valence electrons. The van der Waals surface area contributed by atoms with Gasteiger partial charge in [0.15, 0.2) is 0 Å². The summed E-state index contributed by atoms with van der Waals surface area (Å²) < 4.78 is 30.1. The number of hydrogen-bond acceptors (Lipinski definition) is 4. The van der Waals surface area contributed by atoms with Crippen LogP contribution in [0.25, 0.3) is 11.1 Å². The van der Waals surface area contributed by atoms with Gasteiger partial charge in [0.05, 0.1) is 22.5 Å². The van der Waals surface area contributed by atoms with E-state index in [1.165, 1.54) is 9.21 Å². The van der Waals surface area contributed by atoms with Gasteiger partial charge < -0.3 is 4.90 Å². The zero-order valence-corrected chi connectivity index (χ0v) is 17.6. The third kappa shape index (κ3) is 3.09. The van der Waals surface area contributed by atoms with Crippen LogP contribution in [0.5, 0.6) is 0 Å². The van der Waals surface area contributed by atoms with Gasteiger partial charge in [-0.05, 0) is 48.7 Å². The van der Waals surface area contributed by atoms with Crippen LogP contribution in [-0.2, 0) is 21.9 Å². The molecule has 1 amide bonds. The highest BCUT2D eigenvalue weighted by atomic mass is 32.2. The second-order valence-corrected chi connectivity index (χ2v) is 9.12. The smallest absolute Gasteiger partial charge is 0.265 e. The highest BCUT2D eigenvalue weighted by molar-refractivity contribution is 7.93. The number of anilines is 2. The maximum atomic E-state index is 13.6. The van der Waals surface area contributed by atoms with E-state index in [4.69, 9.17) is 0 Å². The summed E-state index contributed by atoms with van der Waals surface area (Å²) in [4.78, 5) is 14.2. The summed E-state index contributed by atoms with van der Waals surface area (Å²) in [6.07, 6.45) is 3.61. The largest absolute Gasteiger partial charge is 0.312 e. The van der Waals surface area contributed by atoms with E-state index in [-0.39, 0.29) is 17.3 Å². The zero-order valence-electron chi connectivity index (χ0n) is 16.7. The Labute approximate surface area is 170 Å². The van der Waals surface area contributed by atoms with Crippen molar-refractivity contribution >= 4 is 27.3 Å². The minimum absolute atomic E-state index is 0.191. The molecule has 1 aromatic heterocycles. The number of carbonyl (C=O) groups excluding carboxylic acids is 1. The SMILES string of the molecule is Cc1cc(-c2cnn(C)c2)ccc1S(=O)(=O)N1CC(=O)N(C)c2cccc(C)c21. The van der Waals surface area contributed by atoms with Crippen molar-refractivity contribution in [1.82, 2.24) is 9.78 Å². The molecule has 3 aromatic rings. The van der Waals surface area contributed by atoms with Crippen molar-refractivity contribution < 1.29 is 13.2 Å². The molecule has 0 aliphatic carbocycles. The summed E-state index contributed by atoms with van der Waals surface area (Å²) >= 11 is 0. The monoisotopic (exact) mass is 410 g/mol. The van der Waals surface area contributed by atoms with E-state index in [9.17, 15) is 13.2 Å². The van der Waals surface area contributed by atoms with Crippen molar-refractivity contribution in [2.45, 2.75) is 18.7 Å². The van der Waals surface area contributed by atoms with E-state index in [1.54, 1.807) is 43.0 Å². The molecule has 0 radical (unpaired) electrons. The van der Waals surface area contributed by atoms with E-state index >= 15 is 0 Å². The Balaban J connectivity index is 1.82. The Bertz CT molecular complexity index is 1230. The summed E-state index contributed by atoms with van der Waals surface area (Å²) in [5.41, 5.74) is 4.36. The van der Waals surface area contributed by atoms with Crippen molar-refractivity contribution in [2.75, 3.05) is 22.8 Å². The molecule has 0 unspecified atom stereocenters. The van der Waals surface area contributed by atoms with Gasteiger partial charge in [-0.2, -0.15) is 5.10 Å². The van der Waals surface area contributed by atoms with Gasteiger partial charge in [-0.1, -0.05) is 18.2 Å². The van der Waals surface area contributed by atoms with Crippen molar-refractivity contribution in [2.24, 2.45) is 7.05 Å². The standard InChI is InChI=1S/C21H22N4O3S/c1-14-6-5-7-18-21(14)25(13-20(26)24(18)4)29(27,28)19-9-8-16(10-15(19)2)17-11-22-23(3)12-17/h5-12H,13H2,1-4H3. The molecule has 2 heterocycles. The van der Waals surface area contributed by atoms with Crippen LogP contribution in [0.3, 0.4) is 0 Å². The van der Waals surface area contributed by atoms with Gasteiger partial charge in [-0.15, -0.1) is 0 Å². The number of aromatic nitrogens is 2. The zero-order chi connectivity index (χ0) is 20.9. The topological polar surface area (TPSA) is 75.5 Å². The molecule has 0 N–H and O–H groups in total. The summed E-state index contributed by atoms with van der Waals surface area (Å²) in [5, 5.41) is 4.17. The van der Waals surface area contributed by atoms with Crippen molar-refractivity contribution in [3.63, 3.8) is 0 Å². The number of aryl methyl sites for hydroxylation is 3. The molecular weight excluding hydrogens is 388 g/mol. The minimum Gasteiger partial charge on any atom is -0.312 e. The summed E-state index contributed by atoms with van der Waals surface area (Å²) in [6, 6.07) is 10.6. The van der Waals surface area contributed by atoms with Crippen LogP contribution in [0.15, 0.2) is 53.7 Å². The van der Waals surface area contributed by atoms with Crippen LogP contribution in [-0.4, -0.2) is 37.7 Å². The first-order chi connectivity index (χ1) is 13.7. The van der Waals surface area contributed by atoms with Crippen molar-refractivity contribution in [3.8, 4) is 11.1 Å².